The summed E-state index contributed by atoms with van der Waals surface area (Å²) in [6.07, 6.45) is 3.25. The fraction of sp³-hybridized carbons (Fsp3) is 0.867. The van der Waals surface area contributed by atoms with E-state index in [1.807, 2.05) is 18.7 Å². The minimum Gasteiger partial charge on any atom is -0.481 e. The van der Waals surface area contributed by atoms with Crippen LogP contribution in [-0.2, 0) is 9.59 Å². The monoisotopic (exact) mass is 269 g/mol. The van der Waals surface area contributed by atoms with Crippen molar-refractivity contribution in [3.05, 3.63) is 0 Å². The van der Waals surface area contributed by atoms with E-state index < -0.39 is 11.9 Å². The highest BCUT2D eigenvalue weighted by Gasteiger charge is 2.38. The maximum atomic E-state index is 12.7. The summed E-state index contributed by atoms with van der Waals surface area (Å²) in [5.41, 5.74) is 0. The molecule has 4 nitrogen and oxygen atoms in total. The van der Waals surface area contributed by atoms with Gasteiger partial charge in [-0.25, -0.2) is 0 Å². The van der Waals surface area contributed by atoms with Crippen LogP contribution in [0, 0.1) is 17.8 Å². The molecule has 1 aliphatic carbocycles. The molecule has 1 amide bonds. The van der Waals surface area contributed by atoms with Crippen molar-refractivity contribution in [3.63, 3.8) is 0 Å². The lowest BCUT2D eigenvalue weighted by molar-refractivity contribution is -0.153. The summed E-state index contributed by atoms with van der Waals surface area (Å²) >= 11 is 0. The van der Waals surface area contributed by atoms with Gasteiger partial charge in [-0.05, 0) is 32.6 Å². The van der Waals surface area contributed by atoms with Crippen LogP contribution in [0.4, 0.5) is 0 Å². The smallest absolute Gasteiger partial charge is 0.307 e. The predicted molar refractivity (Wildman–Crippen MR) is 74.8 cm³/mol. The zero-order chi connectivity index (χ0) is 14.6. The van der Waals surface area contributed by atoms with Crippen molar-refractivity contribution in [2.75, 3.05) is 6.54 Å². The van der Waals surface area contributed by atoms with Gasteiger partial charge in [0.25, 0.3) is 0 Å². The number of amides is 1. The van der Waals surface area contributed by atoms with Crippen molar-refractivity contribution in [2.45, 2.75) is 59.4 Å². The van der Waals surface area contributed by atoms with Crippen LogP contribution >= 0.6 is 0 Å². The second-order valence-electron chi connectivity index (χ2n) is 6.31. The van der Waals surface area contributed by atoms with Gasteiger partial charge in [0.05, 0.1) is 11.8 Å². The molecular weight excluding hydrogens is 242 g/mol. The average Bonchev–Trinajstić information content (AvgIpc) is 2.34. The van der Waals surface area contributed by atoms with Gasteiger partial charge in [0, 0.05) is 12.6 Å². The maximum absolute atomic E-state index is 12.7. The molecule has 2 unspecified atom stereocenters. The predicted octanol–water partition coefficient (Wildman–Crippen LogP) is 2.77. The lowest BCUT2D eigenvalue weighted by atomic mass is 9.78. The molecule has 1 fully saturated rings. The molecule has 2 atom stereocenters. The normalized spacial score (nSPS) is 23.7. The van der Waals surface area contributed by atoms with Crippen LogP contribution < -0.4 is 0 Å². The first kappa shape index (κ1) is 16.0. The molecule has 1 aliphatic rings. The van der Waals surface area contributed by atoms with E-state index in [0.717, 1.165) is 19.3 Å². The summed E-state index contributed by atoms with van der Waals surface area (Å²) in [5, 5.41) is 9.29. The van der Waals surface area contributed by atoms with Gasteiger partial charge in [0.2, 0.25) is 5.91 Å². The van der Waals surface area contributed by atoms with Crippen LogP contribution in [-0.4, -0.2) is 34.5 Å². The molecular formula is C15H27NO3. The number of hydrogen-bond acceptors (Lipinski definition) is 2. The van der Waals surface area contributed by atoms with E-state index in [1.54, 1.807) is 0 Å². The third-order valence-electron chi connectivity index (χ3n) is 3.87. The van der Waals surface area contributed by atoms with Gasteiger partial charge in [0.1, 0.15) is 0 Å². The number of rotatable bonds is 5. The van der Waals surface area contributed by atoms with Crippen LogP contribution in [0.1, 0.15) is 53.4 Å². The number of aliphatic carboxylic acids is 1. The van der Waals surface area contributed by atoms with Crippen molar-refractivity contribution in [1.82, 2.24) is 4.90 Å². The Morgan fingerprint density at radius 2 is 1.63 bits per heavy atom. The topological polar surface area (TPSA) is 57.6 Å². The van der Waals surface area contributed by atoms with Crippen molar-refractivity contribution < 1.29 is 14.7 Å². The van der Waals surface area contributed by atoms with Gasteiger partial charge in [0.15, 0.2) is 0 Å². The highest BCUT2D eigenvalue weighted by Crippen LogP contribution is 2.32. The summed E-state index contributed by atoms with van der Waals surface area (Å²) in [4.78, 5) is 25.8. The van der Waals surface area contributed by atoms with Gasteiger partial charge in [-0.1, -0.05) is 26.7 Å². The summed E-state index contributed by atoms with van der Waals surface area (Å²) in [6, 6.07) is 0.131. The van der Waals surface area contributed by atoms with Crippen LogP contribution in [0.5, 0.6) is 0 Å². The van der Waals surface area contributed by atoms with Crippen LogP contribution in [0.2, 0.25) is 0 Å². The molecule has 0 heterocycles. The minimum absolute atomic E-state index is 0.0378. The maximum Gasteiger partial charge on any atom is 0.307 e. The van der Waals surface area contributed by atoms with Gasteiger partial charge >= 0.3 is 5.97 Å². The summed E-state index contributed by atoms with van der Waals surface area (Å²) in [5.74, 6) is -1.19. The molecule has 0 aliphatic heterocycles. The first-order chi connectivity index (χ1) is 8.84. The van der Waals surface area contributed by atoms with Crippen molar-refractivity contribution in [2.24, 2.45) is 17.8 Å². The molecule has 0 bridgehead atoms. The number of nitrogens with zero attached hydrogens (tertiary/aromatic N) is 1. The molecule has 0 aromatic rings. The highest BCUT2D eigenvalue weighted by molar-refractivity contribution is 5.85. The van der Waals surface area contributed by atoms with E-state index >= 15 is 0 Å². The third kappa shape index (κ3) is 4.22. The van der Waals surface area contributed by atoms with E-state index in [0.29, 0.717) is 18.9 Å². The fourth-order valence-electron chi connectivity index (χ4n) is 2.88. The van der Waals surface area contributed by atoms with Gasteiger partial charge in [-0.2, -0.15) is 0 Å². The first-order valence-corrected chi connectivity index (χ1v) is 7.37. The Bertz CT molecular complexity index is 325. The van der Waals surface area contributed by atoms with Crippen LogP contribution in [0.3, 0.4) is 0 Å². The Morgan fingerprint density at radius 3 is 2.05 bits per heavy atom. The fourth-order valence-corrected chi connectivity index (χ4v) is 2.88. The standard InChI is InChI=1S/C15H27NO3/c1-10(2)9-16(11(3)4)14(17)12-7-5-6-8-13(12)15(18)19/h10-13H,5-9H2,1-4H3,(H,18,19). The second kappa shape index (κ2) is 6.92. The molecule has 1 N–H and O–H groups in total. The second-order valence-corrected chi connectivity index (χ2v) is 6.31. The Morgan fingerprint density at radius 1 is 1.11 bits per heavy atom. The number of carbonyl (C=O) groups is 2. The Labute approximate surface area is 116 Å². The summed E-state index contributed by atoms with van der Waals surface area (Å²) in [6.45, 7) is 8.87. The molecule has 0 radical (unpaired) electrons. The number of carbonyl (C=O) groups excluding carboxylic acids is 1. The SMILES string of the molecule is CC(C)CN(C(=O)C1CCCCC1C(=O)O)C(C)C. The van der Waals surface area contributed by atoms with E-state index in [1.165, 1.54) is 0 Å². The number of hydrogen-bond donors (Lipinski definition) is 1. The zero-order valence-electron chi connectivity index (χ0n) is 12.6. The quantitative estimate of drug-likeness (QED) is 0.835. The molecule has 19 heavy (non-hydrogen) atoms. The van der Waals surface area contributed by atoms with E-state index in [4.69, 9.17) is 0 Å². The largest absolute Gasteiger partial charge is 0.481 e. The van der Waals surface area contributed by atoms with Crippen molar-refractivity contribution >= 4 is 11.9 Å². The first-order valence-electron chi connectivity index (χ1n) is 7.37. The lowest BCUT2D eigenvalue weighted by Gasteiger charge is -2.35. The van der Waals surface area contributed by atoms with Gasteiger partial charge in [-0.3, -0.25) is 9.59 Å². The summed E-state index contributed by atoms with van der Waals surface area (Å²) < 4.78 is 0. The number of carboxylic acid groups (broad SMARTS) is 1. The molecule has 0 spiro atoms. The van der Waals surface area contributed by atoms with Crippen molar-refractivity contribution in [3.8, 4) is 0 Å². The highest BCUT2D eigenvalue weighted by atomic mass is 16.4. The zero-order valence-corrected chi connectivity index (χ0v) is 12.6. The molecule has 1 rings (SSSR count). The Kier molecular flexibility index (Phi) is 5.83. The van der Waals surface area contributed by atoms with Gasteiger partial charge in [-0.15, -0.1) is 0 Å². The molecule has 0 aromatic carbocycles. The van der Waals surface area contributed by atoms with E-state index in [9.17, 15) is 14.7 Å². The Hall–Kier alpha value is -1.06. The summed E-state index contributed by atoms with van der Waals surface area (Å²) in [7, 11) is 0. The van der Waals surface area contributed by atoms with E-state index in [2.05, 4.69) is 13.8 Å². The van der Waals surface area contributed by atoms with Crippen LogP contribution in [0.25, 0.3) is 0 Å². The average molecular weight is 269 g/mol. The van der Waals surface area contributed by atoms with Crippen LogP contribution in [0.15, 0.2) is 0 Å². The number of carboxylic acids is 1. The lowest BCUT2D eigenvalue weighted by Crippen LogP contribution is -2.46. The minimum atomic E-state index is -0.814. The molecule has 0 saturated heterocycles. The molecule has 1 saturated carbocycles. The van der Waals surface area contributed by atoms with Gasteiger partial charge < -0.3 is 10.0 Å². The van der Waals surface area contributed by atoms with Crippen molar-refractivity contribution in [1.29, 1.82) is 0 Å². The Balaban J connectivity index is 2.84. The molecule has 110 valence electrons. The van der Waals surface area contributed by atoms with E-state index in [-0.39, 0.29) is 17.9 Å². The molecule has 4 heteroatoms. The third-order valence-corrected chi connectivity index (χ3v) is 3.87. The molecule has 0 aromatic heterocycles.